The number of aryl methyl sites for hydroxylation is 1. The number of nitrogens with zero attached hydrogens (tertiary/aromatic N) is 3. The lowest BCUT2D eigenvalue weighted by atomic mass is 9.97. The summed E-state index contributed by atoms with van der Waals surface area (Å²) in [5.41, 5.74) is 4.43. The van der Waals surface area contributed by atoms with E-state index in [0.717, 1.165) is 22.4 Å². The predicted molar refractivity (Wildman–Crippen MR) is 67.4 cm³/mol. The SMILES string of the molecule is Cc1c(-c2cccc(C(C)C#N)c2)cnn1C. The van der Waals surface area contributed by atoms with Crippen LogP contribution >= 0.6 is 0 Å². The van der Waals surface area contributed by atoms with E-state index >= 15 is 0 Å². The molecule has 1 aromatic carbocycles. The van der Waals surface area contributed by atoms with E-state index in [0.29, 0.717) is 0 Å². The van der Waals surface area contributed by atoms with Crippen molar-refractivity contribution in [3.8, 4) is 17.2 Å². The summed E-state index contributed by atoms with van der Waals surface area (Å²) in [6.07, 6.45) is 1.87. The average Bonchev–Trinajstić information content (AvgIpc) is 2.69. The highest BCUT2D eigenvalue weighted by molar-refractivity contribution is 5.66. The Kier molecular flexibility index (Phi) is 2.97. The second-order valence-corrected chi connectivity index (χ2v) is 4.24. The first-order valence-corrected chi connectivity index (χ1v) is 5.62. The van der Waals surface area contributed by atoms with Crippen LogP contribution in [0.1, 0.15) is 24.1 Å². The van der Waals surface area contributed by atoms with Gasteiger partial charge in [-0.2, -0.15) is 10.4 Å². The number of aromatic nitrogens is 2. The van der Waals surface area contributed by atoms with E-state index in [-0.39, 0.29) is 5.92 Å². The van der Waals surface area contributed by atoms with E-state index in [1.165, 1.54) is 0 Å². The summed E-state index contributed by atoms with van der Waals surface area (Å²) >= 11 is 0. The highest BCUT2D eigenvalue weighted by Gasteiger charge is 2.09. The van der Waals surface area contributed by atoms with E-state index in [1.807, 2.05) is 43.9 Å². The lowest BCUT2D eigenvalue weighted by Crippen LogP contribution is -1.93. The van der Waals surface area contributed by atoms with Gasteiger partial charge in [0.15, 0.2) is 0 Å². The van der Waals surface area contributed by atoms with Crippen molar-refractivity contribution in [3.63, 3.8) is 0 Å². The Labute approximate surface area is 101 Å². The number of hydrogen-bond acceptors (Lipinski definition) is 2. The molecule has 0 amide bonds. The first kappa shape index (κ1) is 11.4. The van der Waals surface area contributed by atoms with E-state index in [9.17, 15) is 0 Å². The molecule has 2 rings (SSSR count). The maximum absolute atomic E-state index is 8.94. The lowest BCUT2D eigenvalue weighted by Gasteiger charge is -2.06. The van der Waals surface area contributed by atoms with Gasteiger partial charge in [0.2, 0.25) is 0 Å². The third kappa shape index (κ3) is 2.07. The van der Waals surface area contributed by atoms with Crippen LogP contribution in [-0.4, -0.2) is 9.78 Å². The average molecular weight is 225 g/mol. The standard InChI is InChI=1S/C14H15N3/c1-10(8-15)12-5-4-6-13(7-12)14-9-16-17(3)11(14)2/h4-7,9-10H,1-3H3. The van der Waals surface area contributed by atoms with Gasteiger partial charge in [-0.05, 0) is 31.0 Å². The number of nitriles is 1. The Morgan fingerprint density at radius 2 is 2.18 bits per heavy atom. The molecule has 86 valence electrons. The van der Waals surface area contributed by atoms with Crippen molar-refractivity contribution < 1.29 is 0 Å². The van der Waals surface area contributed by atoms with Crippen LogP contribution < -0.4 is 0 Å². The predicted octanol–water partition coefficient (Wildman–Crippen LogP) is 3.02. The fourth-order valence-electron chi connectivity index (χ4n) is 1.83. The van der Waals surface area contributed by atoms with Crippen LogP contribution in [0.4, 0.5) is 0 Å². The van der Waals surface area contributed by atoms with Gasteiger partial charge in [0.05, 0.1) is 18.2 Å². The van der Waals surface area contributed by atoms with Gasteiger partial charge in [-0.1, -0.05) is 18.2 Å². The quantitative estimate of drug-likeness (QED) is 0.788. The molecule has 0 aliphatic rings. The van der Waals surface area contributed by atoms with Crippen LogP contribution in [0.5, 0.6) is 0 Å². The van der Waals surface area contributed by atoms with Crippen LogP contribution in [-0.2, 0) is 7.05 Å². The van der Waals surface area contributed by atoms with Gasteiger partial charge in [-0.3, -0.25) is 4.68 Å². The monoisotopic (exact) mass is 225 g/mol. The zero-order valence-corrected chi connectivity index (χ0v) is 10.3. The second-order valence-electron chi connectivity index (χ2n) is 4.24. The van der Waals surface area contributed by atoms with Crippen LogP contribution in [0.3, 0.4) is 0 Å². The molecule has 0 aliphatic carbocycles. The molecule has 1 atom stereocenters. The summed E-state index contributed by atoms with van der Waals surface area (Å²) in [7, 11) is 1.93. The molecule has 17 heavy (non-hydrogen) atoms. The minimum atomic E-state index is -0.0769. The van der Waals surface area contributed by atoms with Gasteiger partial charge in [-0.25, -0.2) is 0 Å². The van der Waals surface area contributed by atoms with Gasteiger partial charge in [0.25, 0.3) is 0 Å². The fourth-order valence-corrected chi connectivity index (χ4v) is 1.83. The molecule has 0 spiro atoms. The normalized spacial score (nSPS) is 12.1. The molecule has 1 unspecified atom stereocenters. The van der Waals surface area contributed by atoms with Crippen molar-refractivity contribution in [1.82, 2.24) is 9.78 Å². The van der Waals surface area contributed by atoms with Gasteiger partial charge >= 0.3 is 0 Å². The lowest BCUT2D eigenvalue weighted by molar-refractivity contribution is 0.740. The molecule has 0 aliphatic heterocycles. The Bertz CT molecular complexity index is 575. The molecule has 0 N–H and O–H groups in total. The number of benzene rings is 1. The van der Waals surface area contributed by atoms with Crippen molar-refractivity contribution in [2.45, 2.75) is 19.8 Å². The molecular formula is C14H15N3. The van der Waals surface area contributed by atoms with Crippen LogP contribution in [0.15, 0.2) is 30.5 Å². The van der Waals surface area contributed by atoms with Gasteiger partial charge in [-0.15, -0.1) is 0 Å². The zero-order chi connectivity index (χ0) is 12.4. The third-order valence-corrected chi connectivity index (χ3v) is 3.13. The Balaban J connectivity index is 2.47. The summed E-state index contributed by atoms with van der Waals surface area (Å²) in [6.45, 7) is 3.96. The Morgan fingerprint density at radius 3 is 2.76 bits per heavy atom. The van der Waals surface area contributed by atoms with E-state index in [4.69, 9.17) is 5.26 Å². The topological polar surface area (TPSA) is 41.6 Å². The van der Waals surface area contributed by atoms with Crippen molar-refractivity contribution in [2.75, 3.05) is 0 Å². The second kappa shape index (κ2) is 4.42. The maximum atomic E-state index is 8.94. The van der Waals surface area contributed by atoms with Crippen LogP contribution in [0.2, 0.25) is 0 Å². The third-order valence-electron chi connectivity index (χ3n) is 3.13. The molecule has 3 nitrogen and oxygen atoms in total. The van der Waals surface area contributed by atoms with Crippen molar-refractivity contribution in [3.05, 3.63) is 41.7 Å². The minimum absolute atomic E-state index is 0.0769. The molecule has 0 saturated heterocycles. The van der Waals surface area contributed by atoms with Crippen LogP contribution in [0, 0.1) is 18.3 Å². The molecular weight excluding hydrogens is 210 g/mol. The first-order chi connectivity index (χ1) is 8.13. The molecule has 1 heterocycles. The van der Waals surface area contributed by atoms with Crippen LogP contribution in [0.25, 0.3) is 11.1 Å². The number of hydrogen-bond donors (Lipinski definition) is 0. The van der Waals surface area contributed by atoms with Crippen molar-refractivity contribution >= 4 is 0 Å². The van der Waals surface area contributed by atoms with Gasteiger partial charge in [0, 0.05) is 18.3 Å². The fraction of sp³-hybridized carbons (Fsp3) is 0.286. The van der Waals surface area contributed by atoms with Crippen molar-refractivity contribution in [1.29, 1.82) is 5.26 Å². The Hall–Kier alpha value is -2.08. The van der Waals surface area contributed by atoms with Gasteiger partial charge in [0.1, 0.15) is 0 Å². The van der Waals surface area contributed by atoms with E-state index in [1.54, 1.807) is 0 Å². The minimum Gasteiger partial charge on any atom is -0.272 e. The summed E-state index contributed by atoms with van der Waals surface area (Å²) < 4.78 is 1.86. The highest BCUT2D eigenvalue weighted by Crippen LogP contribution is 2.25. The Morgan fingerprint density at radius 1 is 1.41 bits per heavy atom. The molecule has 2 aromatic rings. The molecule has 0 saturated carbocycles. The molecule has 0 fully saturated rings. The molecule has 1 aromatic heterocycles. The number of rotatable bonds is 2. The maximum Gasteiger partial charge on any atom is 0.0700 e. The van der Waals surface area contributed by atoms with E-state index < -0.39 is 0 Å². The first-order valence-electron chi connectivity index (χ1n) is 5.62. The molecule has 3 heteroatoms. The zero-order valence-electron chi connectivity index (χ0n) is 10.3. The summed E-state index contributed by atoms with van der Waals surface area (Å²) in [4.78, 5) is 0. The summed E-state index contributed by atoms with van der Waals surface area (Å²) in [5, 5.41) is 13.2. The summed E-state index contributed by atoms with van der Waals surface area (Å²) in [6, 6.07) is 10.4. The molecule has 0 bridgehead atoms. The van der Waals surface area contributed by atoms with E-state index in [2.05, 4.69) is 23.3 Å². The smallest absolute Gasteiger partial charge is 0.0700 e. The van der Waals surface area contributed by atoms with Gasteiger partial charge < -0.3 is 0 Å². The largest absolute Gasteiger partial charge is 0.272 e. The molecule has 0 radical (unpaired) electrons. The highest BCUT2D eigenvalue weighted by atomic mass is 15.3. The summed E-state index contributed by atoms with van der Waals surface area (Å²) in [5.74, 6) is -0.0769. The van der Waals surface area contributed by atoms with Crippen molar-refractivity contribution in [2.24, 2.45) is 7.05 Å².